The van der Waals surface area contributed by atoms with Crippen molar-refractivity contribution in [3.8, 4) is 0 Å². The van der Waals surface area contributed by atoms with Crippen molar-refractivity contribution in [2.24, 2.45) is 0 Å². The molecule has 0 heterocycles. The SMILES string of the molecule is CC(C)NCC[C@@H](CCNC(=O)O)O[Si](c1ccccc1)(c1ccccc1)C(C)(C)C. The number of hydrogen-bond acceptors (Lipinski definition) is 3. The normalized spacial score (nSPS) is 13.2. The lowest BCUT2D eigenvalue weighted by Gasteiger charge is -2.45. The summed E-state index contributed by atoms with van der Waals surface area (Å²) in [6.07, 6.45) is 0.398. The van der Waals surface area contributed by atoms with Gasteiger partial charge in [-0.15, -0.1) is 0 Å². The molecule has 3 N–H and O–H groups in total. The molecule has 0 aromatic heterocycles. The van der Waals surface area contributed by atoms with Crippen LogP contribution in [0.1, 0.15) is 47.5 Å². The van der Waals surface area contributed by atoms with Gasteiger partial charge in [-0.25, -0.2) is 4.79 Å². The Morgan fingerprint density at radius 2 is 1.42 bits per heavy atom. The van der Waals surface area contributed by atoms with E-state index in [1.807, 2.05) is 12.1 Å². The van der Waals surface area contributed by atoms with E-state index in [1.54, 1.807) is 0 Å². The Hall–Kier alpha value is -2.15. The molecule has 31 heavy (non-hydrogen) atoms. The number of carboxylic acid groups (broad SMARTS) is 1. The molecule has 0 fully saturated rings. The highest BCUT2D eigenvalue weighted by Crippen LogP contribution is 2.38. The van der Waals surface area contributed by atoms with E-state index in [9.17, 15) is 4.79 Å². The summed E-state index contributed by atoms with van der Waals surface area (Å²) < 4.78 is 7.20. The Balaban J connectivity index is 2.47. The summed E-state index contributed by atoms with van der Waals surface area (Å²) in [6.45, 7) is 12.2. The minimum Gasteiger partial charge on any atom is -0.465 e. The fourth-order valence-electron chi connectivity index (χ4n) is 4.08. The van der Waals surface area contributed by atoms with Crippen molar-refractivity contribution in [1.82, 2.24) is 10.6 Å². The van der Waals surface area contributed by atoms with Crippen LogP contribution in [0, 0.1) is 0 Å². The Morgan fingerprint density at radius 1 is 0.935 bits per heavy atom. The molecule has 0 unspecified atom stereocenters. The van der Waals surface area contributed by atoms with Crippen molar-refractivity contribution in [2.45, 2.75) is 64.6 Å². The maximum absolute atomic E-state index is 11.0. The summed E-state index contributed by atoms with van der Waals surface area (Å²) in [7, 11) is -2.67. The molecule has 6 heteroatoms. The van der Waals surface area contributed by atoms with Crippen LogP contribution in [0.15, 0.2) is 60.7 Å². The molecule has 0 saturated heterocycles. The second-order valence-corrected chi connectivity index (χ2v) is 13.6. The van der Waals surface area contributed by atoms with Gasteiger partial charge in [-0.2, -0.15) is 0 Å². The first-order valence-electron chi connectivity index (χ1n) is 11.2. The Kier molecular flexibility index (Phi) is 9.28. The van der Waals surface area contributed by atoms with Gasteiger partial charge in [0.25, 0.3) is 8.32 Å². The summed E-state index contributed by atoms with van der Waals surface area (Å²) in [4.78, 5) is 11.0. The predicted molar refractivity (Wildman–Crippen MR) is 131 cm³/mol. The molecule has 2 aromatic carbocycles. The summed E-state index contributed by atoms with van der Waals surface area (Å²) in [5.74, 6) is 0. The highest BCUT2D eigenvalue weighted by Gasteiger charge is 2.51. The second-order valence-electron chi connectivity index (χ2n) is 9.32. The van der Waals surface area contributed by atoms with Gasteiger partial charge >= 0.3 is 6.09 Å². The fourth-order valence-corrected chi connectivity index (χ4v) is 8.83. The summed E-state index contributed by atoms with van der Waals surface area (Å²) in [5, 5.41) is 17.4. The molecule has 0 saturated carbocycles. The molecular weight excluding hydrogens is 404 g/mol. The van der Waals surface area contributed by atoms with Crippen LogP contribution in [0.25, 0.3) is 0 Å². The van der Waals surface area contributed by atoms with Gasteiger partial charge in [-0.05, 0) is 34.8 Å². The molecule has 0 spiro atoms. The van der Waals surface area contributed by atoms with E-state index in [1.165, 1.54) is 10.4 Å². The third kappa shape index (κ3) is 6.92. The van der Waals surface area contributed by atoms with Crippen LogP contribution in [-0.2, 0) is 4.43 Å². The largest absolute Gasteiger partial charge is 0.465 e. The molecule has 0 aliphatic heterocycles. The van der Waals surface area contributed by atoms with Crippen LogP contribution in [0.3, 0.4) is 0 Å². The molecule has 0 radical (unpaired) electrons. The lowest BCUT2D eigenvalue weighted by molar-refractivity contribution is 0.161. The van der Waals surface area contributed by atoms with E-state index in [4.69, 9.17) is 9.53 Å². The zero-order chi connectivity index (χ0) is 22.9. The lowest BCUT2D eigenvalue weighted by Crippen LogP contribution is -2.67. The standard InChI is InChI=1S/C25H38N2O3Si/c1-20(2)26-18-16-21(17-19-27-24(28)29)30-31(25(3,4)5,22-12-8-6-9-13-22)23-14-10-7-11-15-23/h6-15,20-21,26-27H,16-19H2,1-5H3,(H,28,29)/t21-/m0/s1. The molecule has 1 atom stereocenters. The first kappa shape index (κ1) is 25.1. The predicted octanol–water partition coefficient (Wildman–Crippen LogP) is 3.98. The number of rotatable bonds is 11. The van der Waals surface area contributed by atoms with Crippen molar-refractivity contribution >= 4 is 24.8 Å². The van der Waals surface area contributed by atoms with Crippen LogP contribution < -0.4 is 21.0 Å². The minimum absolute atomic E-state index is 0.0654. The molecule has 2 aromatic rings. The average molecular weight is 443 g/mol. The molecule has 2 rings (SSSR count). The van der Waals surface area contributed by atoms with Crippen LogP contribution in [0.2, 0.25) is 5.04 Å². The zero-order valence-electron chi connectivity index (χ0n) is 19.5. The average Bonchev–Trinajstić information content (AvgIpc) is 2.71. The van der Waals surface area contributed by atoms with E-state index in [0.29, 0.717) is 19.0 Å². The van der Waals surface area contributed by atoms with E-state index in [-0.39, 0.29) is 11.1 Å². The second kappa shape index (κ2) is 11.5. The molecule has 0 aliphatic carbocycles. The molecule has 170 valence electrons. The van der Waals surface area contributed by atoms with Crippen molar-refractivity contribution < 1.29 is 14.3 Å². The Labute approximate surface area is 188 Å². The quantitative estimate of drug-likeness (QED) is 0.461. The van der Waals surface area contributed by atoms with Crippen LogP contribution in [0.5, 0.6) is 0 Å². The number of nitrogens with one attached hydrogen (secondary N) is 2. The van der Waals surface area contributed by atoms with E-state index in [2.05, 4.69) is 93.8 Å². The summed E-state index contributed by atoms with van der Waals surface area (Å²) in [5.41, 5.74) is 0. The maximum atomic E-state index is 11.0. The maximum Gasteiger partial charge on any atom is 0.404 e. The van der Waals surface area contributed by atoms with E-state index < -0.39 is 14.4 Å². The highest BCUT2D eigenvalue weighted by molar-refractivity contribution is 6.99. The van der Waals surface area contributed by atoms with Gasteiger partial charge in [0.1, 0.15) is 0 Å². The number of hydrogen-bond donors (Lipinski definition) is 3. The third-order valence-corrected chi connectivity index (χ3v) is 10.6. The number of amides is 1. The monoisotopic (exact) mass is 442 g/mol. The van der Waals surface area contributed by atoms with Crippen molar-refractivity contribution in [2.75, 3.05) is 13.1 Å². The molecular formula is C25H38N2O3Si. The van der Waals surface area contributed by atoms with Gasteiger partial charge in [-0.3, -0.25) is 0 Å². The van der Waals surface area contributed by atoms with Gasteiger partial charge in [0, 0.05) is 18.7 Å². The first-order chi connectivity index (χ1) is 14.7. The van der Waals surface area contributed by atoms with E-state index >= 15 is 0 Å². The minimum atomic E-state index is -2.67. The molecule has 1 amide bonds. The van der Waals surface area contributed by atoms with Crippen LogP contribution in [-0.4, -0.2) is 44.8 Å². The van der Waals surface area contributed by atoms with Gasteiger partial charge in [-0.1, -0.05) is 95.3 Å². The molecule has 0 bridgehead atoms. The van der Waals surface area contributed by atoms with Crippen molar-refractivity contribution in [3.63, 3.8) is 0 Å². The van der Waals surface area contributed by atoms with Crippen molar-refractivity contribution in [3.05, 3.63) is 60.7 Å². The summed E-state index contributed by atoms with van der Waals surface area (Å²) >= 11 is 0. The van der Waals surface area contributed by atoms with Crippen LogP contribution in [0.4, 0.5) is 4.79 Å². The zero-order valence-corrected chi connectivity index (χ0v) is 20.5. The van der Waals surface area contributed by atoms with Crippen molar-refractivity contribution in [1.29, 1.82) is 0 Å². The summed E-state index contributed by atoms with van der Waals surface area (Å²) in [6, 6.07) is 21.5. The third-order valence-electron chi connectivity index (χ3n) is 5.52. The first-order valence-corrected chi connectivity index (χ1v) is 13.1. The Morgan fingerprint density at radius 3 is 1.84 bits per heavy atom. The van der Waals surface area contributed by atoms with Gasteiger partial charge < -0.3 is 20.2 Å². The number of benzene rings is 2. The van der Waals surface area contributed by atoms with Gasteiger partial charge in [0.2, 0.25) is 0 Å². The van der Waals surface area contributed by atoms with E-state index in [0.717, 1.165) is 13.0 Å². The number of carbonyl (C=O) groups is 1. The molecule has 0 aliphatic rings. The molecule has 5 nitrogen and oxygen atoms in total. The van der Waals surface area contributed by atoms with Gasteiger partial charge in [0.05, 0.1) is 0 Å². The smallest absolute Gasteiger partial charge is 0.404 e. The fraction of sp³-hybridized carbons (Fsp3) is 0.480. The highest BCUT2D eigenvalue weighted by atomic mass is 28.4. The van der Waals surface area contributed by atoms with Crippen LogP contribution >= 0.6 is 0 Å². The Bertz CT molecular complexity index is 752. The lowest BCUT2D eigenvalue weighted by atomic mass is 10.2. The topological polar surface area (TPSA) is 70.6 Å². The van der Waals surface area contributed by atoms with Gasteiger partial charge in [0.15, 0.2) is 0 Å².